The molecule has 0 saturated carbocycles. The molecule has 0 aliphatic carbocycles. The van der Waals surface area contributed by atoms with E-state index in [1.165, 1.54) is 6.07 Å². The Hall–Kier alpha value is -2.31. The van der Waals surface area contributed by atoms with Gasteiger partial charge in [0.05, 0.1) is 11.5 Å². The van der Waals surface area contributed by atoms with Crippen molar-refractivity contribution in [3.05, 3.63) is 33.4 Å². The number of nitro benzene ring substituents is 1. The van der Waals surface area contributed by atoms with Crippen LogP contribution in [-0.4, -0.2) is 22.6 Å². The largest absolute Gasteiger partial charge is 0.486 e. The molecular formula is C11H15N3O4. The molecule has 98 valence electrons. The molecule has 0 saturated heterocycles. The monoisotopic (exact) mass is 253 g/mol. The summed E-state index contributed by atoms with van der Waals surface area (Å²) in [6.45, 7) is 3.62. The lowest BCUT2D eigenvalue weighted by Gasteiger charge is -2.10. The summed E-state index contributed by atoms with van der Waals surface area (Å²) >= 11 is 0. The maximum Gasteiger partial charge on any atom is 0.311 e. The summed E-state index contributed by atoms with van der Waals surface area (Å²) in [5.41, 5.74) is 6.68. The maximum absolute atomic E-state index is 10.9. The highest BCUT2D eigenvalue weighted by Gasteiger charge is 2.18. The molecule has 0 atom stereocenters. The smallest absolute Gasteiger partial charge is 0.311 e. The normalized spacial score (nSPS) is 11.3. The van der Waals surface area contributed by atoms with Crippen LogP contribution in [0.4, 0.5) is 5.69 Å². The van der Waals surface area contributed by atoms with Gasteiger partial charge in [0.25, 0.3) is 0 Å². The second-order valence-electron chi connectivity index (χ2n) is 3.88. The fraction of sp³-hybridized carbons (Fsp3) is 0.364. The summed E-state index contributed by atoms with van der Waals surface area (Å²) in [6.07, 6.45) is 0.195. The lowest BCUT2D eigenvalue weighted by atomic mass is 10.1. The van der Waals surface area contributed by atoms with Gasteiger partial charge in [0.1, 0.15) is 5.84 Å². The van der Waals surface area contributed by atoms with E-state index in [4.69, 9.17) is 15.7 Å². The van der Waals surface area contributed by atoms with Crippen molar-refractivity contribution in [2.24, 2.45) is 10.9 Å². The summed E-state index contributed by atoms with van der Waals surface area (Å²) in [4.78, 5) is 10.4. The highest BCUT2D eigenvalue weighted by molar-refractivity contribution is 5.79. The van der Waals surface area contributed by atoms with Crippen molar-refractivity contribution < 1.29 is 14.9 Å². The van der Waals surface area contributed by atoms with Crippen molar-refractivity contribution >= 4 is 11.5 Å². The highest BCUT2D eigenvalue weighted by Crippen LogP contribution is 2.32. The lowest BCUT2D eigenvalue weighted by Crippen LogP contribution is -2.16. The van der Waals surface area contributed by atoms with Gasteiger partial charge in [-0.1, -0.05) is 11.2 Å². The molecule has 3 N–H and O–H groups in total. The summed E-state index contributed by atoms with van der Waals surface area (Å²) in [5.74, 6) is 0.235. The van der Waals surface area contributed by atoms with E-state index in [0.717, 1.165) is 5.56 Å². The van der Waals surface area contributed by atoms with E-state index < -0.39 is 4.92 Å². The van der Waals surface area contributed by atoms with E-state index in [1.807, 2.05) is 0 Å². The Bertz CT molecular complexity index is 485. The number of oxime groups is 1. The summed E-state index contributed by atoms with van der Waals surface area (Å²) in [5, 5.41) is 22.1. The quantitative estimate of drug-likeness (QED) is 0.273. The molecular weight excluding hydrogens is 238 g/mol. The molecule has 1 aromatic carbocycles. The first-order valence-corrected chi connectivity index (χ1v) is 5.30. The summed E-state index contributed by atoms with van der Waals surface area (Å²) in [6, 6.07) is 3.25. The van der Waals surface area contributed by atoms with Crippen LogP contribution in [0.3, 0.4) is 0 Å². The van der Waals surface area contributed by atoms with Crippen LogP contribution in [0.25, 0.3) is 0 Å². The average Bonchev–Trinajstić information content (AvgIpc) is 2.30. The molecule has 0 spiro atoms. The molecule has 0 aliphatic heterocycles. The third-order valence-corrected chi connectivity index (χ3v) is 2.33. The van der Waals surface area contributed by atoms with Crippen molar-refractivity contribution in [3.8, 4) is 5.75 Å². The molecule has 0 radical (unpaired) electrons. The zero-order valence-corrected chi connectivity index (χ0v) is 10.2. The van der Waals surface area contributed by atoms with Crippen molar-refractivity contribution in [2.75, 3.05) is 6.61 Å². The van der Waals surface area contributed by atoms with E-state index in [2.05, 4.69) is 5.16 Å². The maximum atomic E-state index is 10.9. The molecule has 0 heterocycles. The molecule has 0 aliphatic rings. The molecule has 18 heavy (non-hydrogen) atoms. The number of nitrogens with zero attached hydrogens (tertiary/aromatic N) is 2. The third-order valence-electron chi connectivity index (χ3n) is 2.33. The molecule has 1 rings (SSSR count). The Kier molecular flexibility index (Phi) is 4.47. The van der Waals surface area contributed by atoms with Gasteiger partial charge in [-0.3, -0.25) is 10.1 Å². The Balaban J connectivity index is 2.90. The zero-order chi connectivity index (χ0) is 13.7. The van der Waals surface area contributed by atoms with Crippen LogP contribution in [-0.2, 0) is 0 Å². The van der Waals surface area contributed by atoms with Crippen LogP contribution in [0.1, 0.15) is 17.5 Å². The minimum atomic E-state index is -0.487. The van der Waals surface area contributed by atoms with Gasteiger partial charge >= 0.3 is 5.69 Å². The lowest BCUT2D eigenvalue weighted by molar-refractivity contribution is -0.386. The fourth-order valence-corrected chi connectivity index (χ4v) is 1.56. The van der Waals surface area contributed by atoms with E-state index in [-0.39, 0.29) is 30.3 Å². The number of hydrogen-bond acceptors (Lipinski definition) is 5. The van der Waals surface area contributed by atoms with Crippen LogP contribution in [0.15, 0.2) is 17.3 Å². The Morgan fingerprint density at radius 2 is 2.22 bits per heavy atom. The van der Waals surface area contributed by atoms with Gasteiger partial charge in [-0.2, -0.15) is 0 Å². The molecule has 0 bridgehead atoms. The number of amidine groups is 1. The van der Waals surface area contributed by atoms with Crippen molar-refractivity contribution in [2.45, 2.75) is 20.3 Å². The van der Waals surface area contributed by atoms with E-state index in [1.54, 1.807) is 19.9 Å². The molecule has 0 unspecified atom stereocenters. The molecule has 7 heteroatoms. The summed E-state index contributed by atoms with van der Waals surface area (Å²) in [7, 11) is 0. The van der Waals surface area contributed by atoms with Crippen LogP contribution in [0, 0.1) is 24.0 Å². The second-order valence-corrected chi connectivity index (χ2v) is 3.88. The molecule has 0 fully saturated rings. The summed E-state index contributed by atoms with van der Waals surface area (Å²) < 4.78 is 5.34. The minimum absolute atomic E-state index is 0.0161. The first kappa shape index (κ1) is 13.8. The van der Waals surface area contributed by atoms with E-state index >= 15 is 0 Å². The number of aryl methyl sites for hydroxylation is 2. The molecule has 0 aromatic heterocycles. The highest BCUT2D eigenvalue weighted by atomic mass is 16.6. The van der Waals surface area contributed by atoms with Crippen LogP contribution in [0.5, 0.6) is 5.75 Å². The van der Waals surface area contributed by atoms with Crippen molar-refractivity contribution in [1.29, 1.82) is 0 Å². The van der Waals surface area contributed by atoms with E-state index in [9.17, 15) is 10.1 Å². The van der Waals surface area contributed by atoms with E-state index in [0.29, 0.717) is 5.56 Å². The standard InChI is InChI=1S/C11H15N3O4/c1-7-5-8(2)11(9(6-7)14(16)17)18-4-3-10(12)13-15/h5-6,15H,3-4H2,1-2H3,(H2,12,13). The van der Waals surface area contributed by atoms with Crippen molar-refractivity contribution in [3.63, 3.8) is 0 Å². The van der Waals surface area contributed by atoms with Gasteiger partial charge in [-0.05, 0) is 25.0 Å². The second kappa shape index (κ2) is 5.85. The van der Waals surface area contributed by atoms with Gasteiger partial charge < -0.3 is 15.7 Å². The molecule has 0 amide bonds. The van der Waals surface area contributed by atoms with Gasteiger partial charge in [-0.15, -0.1) is 0 Å². The van der Waals surface area contributed by atoms with Crippen LogP contribution >= 0.6 is 0 Å². The first-order chi connectivity index (χ1) is 8.45. The predicted molar refractivity (Wildman–Crippen MR) is 66.1 cm³/mol. The van der Waals surface area contributed by atoms with Crippen LogP contribution in [0.2, 0.25) is 0 Å². The average molecular weight is 253 g/mol. The van der Waals surface area contributed by atoms with Gasteiger partial charge in [0.2, 0.25) is 0 Å². The number of nitrogens with two attached hydrogens (primary N) is 1. The fourth-order valence-electron chi connectivity index (χ4n) is 1.56. The Morgan fingerprint density at radius 1 is 1.56 bits per heavy atom. The van der Waals surface area contributed by atoms with Crippen molar-refractivity contribution in [1.82, 2.24) is 0 Å². The number of ether oxygens (including phenoxy) is 1. The van der Waals surface area contributed by atoms with Gasteiger partial charge in [0.15, 0.2) is 5.75 Å². The predicted octanol–water partition coefficient (Wildman–Crippen LogP) is 1.73. The van der Waals surface area contributed by atoms with Gasteiger partial charge in [-0.25, -0.2) is 0 Å². The number of hydrogen-bond donors (Lipinski definition) is 2. The Morgan fingerprint density at radius 3 is 2.78 bits per heavy atom. The topological polar surface area (TPSA) is 111 Å². The molecule has 7 nitrogen and oxygen atoms in total. The zero-order valence-electron chi connectivity index (χ0n) is 10.2. The minimum Gasteiger partial charge on any atom is -0.486 e. The first-order valence-electron chi connectivity index (χ1n) is 5.30. The van der Waals surface area contributed by atoms with Crippen LogP contribution < -0.4 is 10.5 Å². The van der Waals surface area contributed by atoms with Gasteiger partial charge in [0, 0.05) is 12.5 Å². The SMILES string of the molecule is Cc1cc(C)c(OCCC(N)=NO)c([N+](=O)[O-])c1. The number of rotatable bonds is 5. The number of nitro groups is 1. The molecule has 1 aromatic rings. The Labute approximate surface area is 104 Å². The number of benzene rings is 1. The third kappa shape index (κ3) is 3.34.